The lowest BCUT2D eigenvalue weighted by Gasteiger charge is -2.11. The standard InChI is InChI=1S/C13H13FN2O4/c1-6-4-8(17)12-9(3-2-7(14)11(6)12)20-5-10(18)16-13(15)19/h2-3,6H,4-5H2,1H3,(H3,15,16,18,19)/t6-/m1/s1. The van der Waals surface area contributed by atoms with Gasteiger partial charge in [0.05, 0.1) is 5.56 Å². The summed E-state index contributed by atoms with van der Waals surface area (Å²) >= 11 is 0. The van der Waals surface area contributed by atoms with Crippen LogP contribution in [0.15, 0.2) is 12.1 Å². The van der Waals surface area contributed by atoms with Gasteiger partial charge in [-0.3, -0.25) is 14.9 Å². The van der Waals surface area contributed by atoms with Gasteiger partial charge >= 0.3 is 6.03 Å². The van der Waals surface area contributed by atoms with Gasteiger partial charge in [0, 0.05) is 12.0 Å². The number of halogens is 1. The van der Waals surface area contributed by atoms with Gasteiger partial charge in [-0.05, 0) is 18.1 Å². The molecule has 0 unspecified atom stereocenters. The zero-order valence-electron chi connectivity index (χ0n) is 10.7. The number of amides is 3. The number of carbonyl (C=O) groups is 3. The Hall–Kier alpha value is -2.44. The van der Waals surface area contributed by atoms with E-state index in [-0.39, 0.29) is 29.4 Å². The highest BCUT2D eigenvalue weighted by molar-refractivity contribution is 6.04. The molecule has 3 amide bonds. The fourth-order valence-electron chi connectivity index (χ4n) is 2.26. The van der Waals surface area contributed by atoms with Crippen molar-refractivity contribution in [1.29, 1.82) is 0 Å². The zero-order valence-corrected chi connectivity index (χ0v) is 10.7. The van der Waals surface area contributed by atoms with E-state index in [1.807, 2.05) is 5.32 Å². The predicted molar refractivity (Wildman–Crippen MR) is 67.0 cm³/mol. The second-order valence-electron chi connectivity index (χ2n) is 4.56. The molecule has 0 fully saturated rings. The minimum absolute atomic E-state index is 0.135. The van der Waals surface area contributed by atoms with E-state index in [2.05, 4.69) is 0 Å². The Bertz CT molecular complexity index is 600. The largest absolute Gasteiger partial charge is 0.483 e. The maximum Gasteiger partial charge on any atom is 0.318 e. The minimum atomic E-state index is -0.993. The first-order valence-corrected chi connectivity index (χ1v) is 5.97. The van der Waals surface area contributed by atoms with Gasteiger partial charge in [0.2, 0.25) is 0 Å². The zero-order chi connectivity index (χ0) is 14.9. The van der Waals surface area contributed by atoms with Crippen molar-refractivity contribution in [2.75, 3.05) is 6.61 Å². The van der Waals surface area contributed by atoms with Crippen LogP contribution in [0.1, 0.15) is 35.2 Å². The Balaban J connectivity index is 2.20. The molecule has 0 saturated carbocycles. The van der Waals surface area contributed by atoms with Gasteiger partial charge in [-0.25, -0.2) is 9.18 Å². The summed E-state index contributed by atoms with van der Waals surface area (Å²) < 4.78 is 18.9. The van der Waals surface area contributed by atoms with Gasteiger partial charge in [0.25, 0.3) is 5.91 Å². The molecular formula is C13H13FN2O4. The highest BCUT2D eigenvalue weighted by Crippen LogP contribution is 2.39. The van der Waals surface area contributed by atoms with Gasteiger partial charge in [-0.15, -0.1) is 0 Å². The summed E-state index contributed by atoms with van der Waals surface area (Å²) in [5.74, 6) is -1.52. The van der Waals surface area contributed by atoms with Crippen LogP contribution in [-0.4, -0.2) is 24.3 Å². The number of hydrogen-bond donors (Lipinski definition) is 2. The molecule has 6 nitrogen and oxygen atoms in total. The minimum Gasteiger partial charge on any atom is -0.483 e. The van der Waals surface area contributed by atoms with Gasteiger partial charge in [0.1, 0.15) is 11.6 Å². The molecule has 1 aliphatic rings. The third kappa shape index (κ3) is 2.61. The van der Waals surface area contributed by atoms with E-state index in [0.717, 1.165) is 0 Å². The van der Waals surface area contributed by atoms with Crippen molar-refractivity contribution in [2.24, 2.45) is 5.73 Å². The fraction of sp³-hybridized carbons (Fsp3) is 0.308. The van der Waals surface area contributed by atoms with Crippen molar-refractivity contribution in [3.05, 3.63) is 29.1 Å². The molecule has 106 valence electrons. The number of nitrogens with one attached hydrogen (secondary N) is 1. The summed E-state index contributed by atoms with van der Waals surface area (Å²) in [5.41, 5.74) is 5.26. The number of primary amides is 1. The van der Waals surface area contributed by atoms with Crippen molar-refractivity contribution < 1.29 is 23.5 Å². The number of carbonyl (C=O) groups excluding carboxylic acids is 3. The molecule has 0 aliphatic heterocycles. The molecule has 0 spiro atoms. The Morgan fingerprint density at radius 3 is 2.85 bits per heavy atom. The maximum atomic E-state index is 13.7. The van der Waals surface area contributed by atoms with Crippen molar-refractivity contribution in [3.63, 3.8) is 0 Å². The molecule has 1 atom stereocenters. The number of nitrogens with two attached hydrogens (primary N) is 1. The van der Waals surface area contributed by atoms with Crippen LogP contribution >= 0.6 is 0 Å². The second-order valence-corrected chi connectivity index (χ2v) is 4.56. The normalized spacial score (nSPS) is 16.7. The highest BCUT2D eigenvalue weighted by atomic mass is 19.1. The lowest BCUT2D eigenvalue weighted by atomic mass is 10.0. The molecule has 0 bridgehead atoms. The average molecular weight is 280 g/mol. The molecule has 1 aromatic rings. The van der Waals surface area contributed by atoms with Crippen molar-refractivity contribution in [1.82, 2.24) is 5.32 Å². The highest BCUT2D eigenvalue weighted by Gasteiger charge is 2.32. The first-order valence-electron chi connectivity index (χ1n) is 5.97. The molecule has 1 aliphatic carbocycles. The first kappa shape index (κ1) is 14.0. The van der Waals surface area contributed by atoms with Crippen LogP contribution in [0.3, 0.4) is 0 Å². The topological polar surface area (TPSA) is 98.5 Å². The molecule has 3 N–H and O–H groups in total. The van der Waals surface area contributed by atoms with Crippen LogP contribution in [0.4, 0.5) is 9.18 Å². The quantitative estimate of drug-likeness (QED) is 0.865. The Labute approximate surface area is 114 Å². The molecule has 0 aromatic heterocycles. The molecular weight excluding hydrogens is 267 g/mol. The van der Waals surface area contributed by atoms with E-state index in [1.165, 1.54) is 12.1 Å². The Morgan fingerprint density at radius 1 is 1.50 bits per heavy atom. The monoisotopic (exact) mass is 280 g/mol. The molecule has 0 saturated heterocycles. The summed E-state index contributed by atoms with van der Waals surface area (Å²) in [6.07, 6.45) is 0.208. The number of Topliss-reactive ketones (excluding diaryl/α,β-unsaturated/α-hetero) is 1. The van der Waals surface area contributed by atoms with E-state index in [9.17, 15) is 18.8 Å². The van der Waals surface area contributed by atoms with Crippen LogP contribution in [0, 0.1) is 5.82 Å². The van der Waals surface area contributed by atoms with E-state index in [1.54, 1.807) is 6.92 Å². The third-order valence-corrected chi connectivity index (χ3v) is 3.04. The summed E-state index contributed by atoms with van der Waals surface area (Å²) in [4.78, 5) is 33.6. The third-order valence-electron chi connectivity index (χ3n) is 3.04. The van der Waals surface area contributed by atoms with E-state index in [0.29, 0.717) is 5.56 Å². The molecule has 2 rings (SSSR count). The number of hydrogen-bond acceptors (Lipinski definition) is 4. The molecule has 20 heavy (non-hydrogen) atoms. The first-order chi connectivity index (χ1) is 9.40. The molecule has 7 heteroatoms. The SMILES string of the molecule is C[C@@H]1CC(=O)c2c(OCC(=O)NC(N)=O)ccc(F)c21. The number of urea groups is 1. The smallest absolute Gasteiger partial charge is 0.318 e. The van der Waals surface area contributed by atoms with Gasteiger partial charge in [-0.1, -0.05) is 6.92 Å². The summed E-state index contributed by atoms with van der Waals surface area (Å²) in [6, 6.07) is 1.49. The van der Waals surface area contributed by atoms with Gasteiger partial charge in [-0.2, -0.15) is 0 Å². The summed E-state index contributed by atoms with van der Waals surface area (Å²) in [7, 11) is 0. The van der Waals surface area contributed by atoms with Crippen LogP contribution in [0.25, 0.3) is 0 Å². The summed E-state index contributed by atoms with van der Waals surface area (Å²) in [5, 5.41) is 1.83. The maximum absolute atomic E-state index is 13.7. The van der Waals surface area contributed by atoms with E-state index < -0.39 is 24.4 Å². The van der Waals surface area contributed by atoms with E-state index in [4.69, 9.17) is 10.5 Å². The number of ketones is 1. The molecule has 0 heterocycles. The van der Waals surface area contributed by atoms with Gasteiger partial charge in [0.15, 0.2) is 12.4 Å². The summed E-state index contributed by atoms with van der Waals surface area (Å²) in [6.45, 7) is 1.26. The van der Waals surface area contributed by atoms with Crippen LogP contribution < -0.4 is 15.8 Å². The number of benzene rings is 1. The number of rotatable bonds is 3. The Morgan fingerprint density at radius 2 is 2.20 bits per heavy atom. The molecule has 1 aromatic carbocycles. The predicted octanol–water partition coefficient (Wildman–Crippen LogP) is 1.09. The molecule has 0 radical (unpaired) electrons. The van der Waals surface area contributed by atoms with Crippen molar-refractivity contribution in [3.8, 4) is 5.75 Å². The average Bonchev–Trinajstić information content (AvgIpc) is 2.64. The fourth-order valence-corrected chi connectivity index (χ4v) is 2.26. The van der Waals surface area contributed by atoms with Crippen LogP contribution in [0.5, 0.6) is 5.75 Å². The second kappa shape index (κ2) is 5.28. The lowest BCUT2D eigenvalue weighted by Crippen LogP contribution is -2.38. The van der Waals surface area contributed by atoms with Crippen LogP contribution in [-0.2, 0) is 4.79 Å². The number of fused-ring (bicyclic) bond motifs is 1. The van der Waals surface area contributed by atoms with Crippen molar-refractivity contribution in [2.45, 2.75) is 19.3 Å². The van der Waals surface area contributed by atoms with Gasteiger partial charge < -0.3 is 10.5 Å². The lowest BCUT2D eigenvalue weighted by molar-refractivity contribution is -0.121. The van der Waals surface area contributed by atoms with Crippen LogP contribution in [0.2, 0.25) is 0 Å². The Kier molecular flexibility index (Phi) is 3.69. The number of imide groups is 1. The number of ether oxygens (including phenoxy) is 1. The van der Waals surface area contributed by atoms with E-state index >= 15 is 0 Å². The van der Waals surface area contributed by atoms with Crippen molar-refractivity contribution >= 4 is 17.7 Å².